The monoisotopic (exact) mass is 722 g/mol. The predicted molar refractivity (Wildman–Crippen MR) is 192 cm³/mol. The summed E-state index contributed by atoms with van der Waals surface area (Å²) in [5.74, 6) is -0.258. The molecule has 0 N–H and O–H groups in total. The van der Waals surface area contributed by atoms with Crippen molar-refractivity contribution in [1.29, 1.82) is 5.26 Å². The molecule has 52 heavy (non-hydrogen) atoms. The summed E-state index contributed by atoms with van der Waals surface area (Å²) in [6.45, 7) is 3.85. The number of likely N-dealkylation sites (tertiary alicyclic amines) is 1. The van der Waals surface area contributed by atoms with E-state index in [0.29, 0.717) is 52.5 Å². The Hall–Kier alpha value is -5.16. The average molecular weight is 723 g/mol. The minimum absolute atomic E-state index is 0.0282. The van der Waals surface area contributed by atoms with E-state index in [0.717, 1.165) is 43.5 Å². The van der Waals surface area contributed by atoms with E-state index in [4.69, 9.17) is 30.8 Å². The number of rotatable bonds is 10. The number of carbonyl (C=O) groups excluding carboxylic acids is 1. The number of hydrogen-bond donors (Lipinski definition) is 0. The maximum atomic E-state index is 16.8. The average Bonchev–Trinajstić information content (AvgIpc) is 3.80. The second-order valence-corrected chi connectivity index (χ2v) is 13.7. The SMILES string of the molecule is N#CC[C@H]1CN(c2nc(OCCCN3C[C@@H]4C[C@H]3CO4)nc3c(F)c(-c4cncc5cccc(Cl)c45)ncc23)CCN1C(=O)OCc1ccccc1. The fraction of sp³-hybridized carbons (Fsp3) is 0.368. The quantitative estimate of drug-likeness (QED) is 0.157. The molecule has 14 heteroatoms. The Morgan fingerprint density at radius 3 is 2.77 bits per heavy atom. The summed E-state index contributed by atoms with van der Waals surface area (Å²) in [6.07, 6.45) is 6.44. The van der Waals surface area contributed by atoms with Crippen LogP contribution < -0.4 is 9.64 Å². The van der Waals surface area contributed by atoms with Gasteiger partial charge in [-0.15, -0.1) is 0 Å². The van der Waals surface area contributed by atoms with Crippen LogP contribution in [0.2, 0.25) is 5.02 Å². The van der Waals surface area contributed by atoms with Gasteiger partial charge in [0.05, 0.1) is 43.2 Å². The van der Waals surface area contributed by atoms with Crippen LogP contribution in [0.25, 0.3) is 32.9 Å². The molecule has 3 atom stereocenters. The highest BCUT2D eigenvalue weighted by Crippen LogP contribution is 2.37. The minimum atomic E-state index is -0.662. The predicted octanol–water partition coefficient (Wildman–Crippen LogP) is 6.02. The number of anilines is 1. The van der Waals surface area contributed by atoms with Gasteiger partial charge in [-0.2, -0.15) is 15.2 Å². The normalized spacial score (nSPS) is 20.1. The molecule has 3 saturated heterocycles. The highest BCUT2D eigenvalue weighted by Gasteiger charge is 2.38. The summed E-state index contributed by atoms with van der Waals surface area (Å²) in [5, 5.41) is 11.9. The Balaban J connectivity index is 1.09. The maximum Gasteiger partial charge on any atom is 0.410 e. The van der Waals surface area contributed by atoms with E-state index in [9.17, 15) is 10.1 Å². The molecule has 3 aliphatic heterocycles. The number of aromatic nitrogens is 4. The van der Waals surface area contributed by atoms with Crippen molar-refractivity contribution in [3.8, 4) is 23.3 Å². The standard InChI is InChI=1S/C38H36ClFN8O4/c39-31-9-4-8-25-17-42-18-29(32(25)31)34-33(40)35-30(19-43-34)36(45-37(44-35)50-15-5-12-46-21-28-16-27(46)23-51-28)47-13-14-48(26(20-47)10-11-41)38(49)52-22-24-6-2-1-3-7-24/h1-4,6-9,17-19,26-28H,5,10,12-16,20-23H2/t26-,27-,28-/m0/s1. The van der Waals surface area contributed by atoms with Crippen molar-refractivity contribution in [2.45, 2.75) is 44.1 Å². The summed E-state index contributed by atoms with van der Waals surface area (Å²) in [6, 6.07) is 17.0. The van der Waals surface area contributed by atoms with E-state index in [1.54, 1.807) is 29.6 Å². The number of piperazine rings is 1. The van der Waals surface area contributed by atoms with Crippen LogP contribution >= 0.6 is 11.6 Å². The highest BCUT2D eigenvalue weighted by molar-refractivity contribution is 6.36. The van der Waals surface area contributed by atoms with Gasteiger partial charge in [0.15, 0.2) is 5.82 Å². The van der Waals surface area contributed by atoms with E-state index < -0.39 is 18.0 Å². The fourth-order valence-corrected chi connectivity index (χ4v) is 7.72. The molecule has 3 fully saturated rings. The lowest BCUT2D eigenvalue weighted by atomic mass is 10.0. The summed E-state index contributed by atoms with van der Waals surface area (Å²) in [4.78, 5) is 37.4. The van der Waals surface area contributed by atoms with Gasteiger partial charge in [0.25, 0.3) is 0 Å². The molecule has 0 saturated carbocycles. The first kappa shape index (κ1) is 34.0. The van der Waals surface area contributed by atoms with Crippen LogP contribution in [-0.2, 0) is 16.1 Å². The lowest BCUT2D eigenvalue weighted by Gasteiger charge is -2.40. The first-order chi connectivity index (χ1) is 25.5. The highest BCUT2D eigenvalue weighted by atomic mass is 35.5. The van der Waals surface area contributed by atoms with Gasteiger partial charge in [0.2, 0.25) is 0 Å². The summed E-state index contributed by atoms with van der Waals surface area (Å²) < 4.78 is 34.3. The van der Waals surface area contributed by atoms with Gasteiger partial charge in [-0.3, -0.25) is 14.9 Å². The van der Waals surface area contributed by atoms with Crippen LogP contribution in [0.15, 0.2) is 67.1 Å². The molecule has 0 aliphatic carbocycles. The van der Waals surface area contributed by atoms with Crippen molar-refractivity contribution in [1.82, 2.24) is 29.7 Å². The van der Waals surface area contributed by atoms with Gasteiger partial charge in [0, 0.05) is 78.7 Å². The largest absolute Gasteiger partial charge is 0.463 e. The first-order valence-electron chi connectivity index (χ1n) is 17.4. The minimum Gasteiger partial charge on any atom is -0.463 e. The summed E-state index contributed by atoms with van der Waals surface area (Å²) in [5.41, 5.74) is 1.38. The third-order valence-electron chi connectivity index (χ3n) is 10.0. The number of nitrogens with zero attached hydrogens (tertiary/aromatic N) is 8. The molecule has 8 rings (SSSR count). The van der Waals surface area contributed by atoms with Crippen LogP contribution in [0.4, 0.5) is 15.0 Å². The number of halogens is 2. The van der Waals surface area contributed by atoms with Gasteiger partial charge >= 0.3 is 12.1 Å². The van der Waals surface area contributed by atoms with Gasteiger partial charge in [0.1, 0.15) is 23.6 Å². The molecule has 3 aliphatic rings. The van der Waals surface area contributed by atoms with Crippen molar-refractivity contribution in [2.75, 3.05) is 50.8 Å². The lowest BCUT2D eigenvalue weighted by Crippen LogP contribution is -2.55. The molecule has 0 spiro atoms. The molecular formula is C38H36ClFN8O4. The Bertz CT molecular complexity index is 2150. The van der Waals surface area contributed by atoms with Crippen molar-refractivity contribution in [3.05, 3.63) is 83.5 Å². The Labute approximate surface area is 304 Å². The van der Waals surface area contributed by atoms with Crippen molar-refractivity contribution < 1.29 is 23.4 Å². The second-order valence-electron chi connectivity index (χ2n) is 13.3. The van der Waals surface area contributed by atoms with E-state index in [2.05, 4.69) is 25.9 Å². The zero-order valence-electron chi connectivity index (χ0n) is 28.3. The zero-order valence-corrected chi connectivity index (χ0v) is 29.1. The summed E-state index contributed by atoms with van der Waals surface area (Å²) >= 11 is 6.60. The topological polar surface area (TPSA) is 130 Å². The Kier molecular flexibility index (Phi) is 9.68. The van der Waals surface area contributed by atoms with E-state index in [1.807, 2.05) is 47.4 Å². The van der Waals surface area contributed by atoms with Crippen LogP contribution in [0.1, 0.15) is 24.8 Å². The molecule has 0 radical (unpaired) electrons. The fourth-order valence-electron chi connectivity index (χ4n) is 7.44. The number of ether oxygens (including phenoxy) is 3. The lowest BCUT2D eigenvalue weighted by molar-refractivity contribution is 0.0287. The smallest absolute Gasteiger partial charge is 0.410 e. The van der Waals surface area contributed by atoms with E-state index in [-0.39, 0.29) is 43.3 Å². The van der Waals surface area contributed by atoms with Gasteiger partial charge in [-0.05, 0) is 24.5 Å². The van der Waals surface area contributed by atoms with Gasteiger partial charge in [-0.25, -0.2) is 9.18 Å². The number of pyridine rings is 2. The number of benzene rings is 2. The number of carbonyl (C=O) groups is 1. The number of fused-ring (bicyclic) bond motifs is 4. The number of amides is 1. The molecule has 3 aromatic heterocycles. The molecule has 12 nitrogen and oxygen atoms in total. The Morgan fingerprint density at radius 2 is 1.96 bits per heavy atom. The van der Waals surface area contributed by atoms with Crippen molar-refractivity contribution in [3.63, 3.8) is 0 Å². The molecule has 5 aromatic rings. The first-order valence-corrected chi connectivity index (χ1v) is 17.8. The van der Waals surface area contributed by atoms with Crippen molar-refractivity contribution in [2.24, 2.45) is 0 Å². The van der Waals surface area contributed by atoms with E-state index in [1.165, 1.54) is 0 Å². The number of hydrogen-bond acceptors (Lipinski definition) is 11. The maximum absolute atomic E-state index is 16.8. The molecule has 266 valence electrons. The third kappa shape index (κ3) is 6.77. The third-order valence-corrected chi connectivity index (χ3v) is 10.3. The molecular weight excluding hydrogens is 687 g/mol. The van der Waals surface area contributed by atoms with Crippen LogP contribution in [0.5, 0.6) is 6.01 Å². The van der Waals surface area contributed by atoms with Gasteiger partial charge in [-0.1, -0.05) is 54.1 Å². The molecule has 1 amide bonds. The van der Waals surface area contributed by atoms with Crippen molar-refractivity contribution >= 4 is 45.2 Å². The van der Waals surface area contributed by atoms with Crippen LogP contribution in [-0.4, -0.2) is 100.0 Å². The zero-order chi connectivity index (χ0) is 35.6. The molecule has 0 unspecified atom stereocenters. The molecule has 2 aromatic carbocycles. The van der Waals surface area contributed by atoms with Gasteiger partial charge < -0.3 is 24.0 Å². The number of morpholine rings is 1. The second kappa shape index (κ2) is 14.8. The Morgan fingerprint density at radius 1 is 1.08 bits per heavy atom. The molecule has 6 heterocycles. The number of nitriles is 1. The molecule has 2 bridgehead atoms. The van der Waals surface area contributed by atoms with E-state index >= 15 is 4.39 Å². The van der Waals surface area contributed by atoms with Crippen LogP contribution in [0.3, 0.4) is 0 Å². The summed E-state index contributed by atoms with van der Waals surface area (Å²) in [7, 11) is 0. The van der Waals surface area contributed by atoms with Crippen LogP contribution in [0, 0.1) is 17.1 Å².